The van der Waals surface area contributed by atoms with Crippen LogP contribution in [0.4, 0.5) is 5.82 Å². The Balaban J connectivity index is 0.00000133. The van der Waals surface area contributed by atoms with Crippen LogP contribution in [-0.2, 0) is 4.74 Å². The van der Waals surface area contributed by atoms with E-state index in [2.05, 4.69) is 15.0 Å². The van der Waals surface area contributed by atoms with Gasteiger partial charge in [-0.3, -0.25) is 4.57 Å². The molecular weight excluding hydrogens is 259 g/mol. The van der Waals surface area contributed by atoms with Gasteiger partial charge in [0.05, 0.1) is 19.0 Å². The number of ether oxygens (including phenoxy) is 1. The molecule has 6 N–H and O–H groups in total. The highest BCUT2D eigenvalue weighted by Crippen LogP contribution is 2.30. The maximum atomic E-state index is 9.71. The van der Waals surface area contributed by atoms with Gasteiger partial charge >= 0.3 is 0 Å². The molecule has 1 saturated heterocycles. The number of aliphatic hydroxyl groups excluding tert-OH is 2. The Morgan fingerprint density at radius 3 is 2.89 bits per heavy atom. The van der Waals surface area contributed by atoms with Crippen LogP contribution in [0.2, 0.25) is 0 Å². The van der Waals surface area contributed by atoms with E-state index in [4.69, 9.17) is 15.6 Å². The van der Waals surface area contributed by atoms with Crippen LogP contribution in [0, 0.1) is 0 Å². The highest BCUT2D eigenvalue weighted by molar-refractivity contribution is 5.81. The van der Waals surface area contributed by atoms with E-state index in [0.717, 1.165) is 0 Å². The van der Waals surface area contributed by atoms with Crippen molar-refractivity contribution in [1.29, 1.82) is 0 Å². The summed E-state index contributed by atoms with van der Waals surface area (Å²) in [6, 6.07) is 0. The summed E-state index contributed by atoms with van der Waals surface area (Å²) in [5.74, 6) is 0.302. The van der Waals surface area contributed by atoms with Crippen molar-refractivity contribution in [3.63, 3.8) is 0 Å². The van der Waals surface area contributed by atoms with E-state index in [1.165, 1.54) is 6.33 Å². The highest BCUT2D eigenvalue weighted by Gasteiger charge is 2.35. The lowest BCUT2D eigenvalue weighted by Crippen LogP contribution is -2.24. The first kappa shape index (κ1) is 13.6. The van der Waals surface area contributed by atoms with Crippen molar-refractivity contribution < 1.29 is 20.4 Å². The molecule has 0 aromatic carbocycles. The number of nitrogens with two attached hydrogens (primary N) is 1. The van der Waals surface area contributed by atoms with Crippen LogP contribution in [0.1, 0.15) is 12.6 Å². The quantitative estimate of drug-likeness (QED) is 0.548. The van der Waals surface area contributed by atoms with Crippen molar-refractivity contribution in [2.75, 3.05) is 12.3 Å². The summed E-state index contributed by atoms with van der Waals surface area (Å²) >= 11 is 0. The van der Waals surface area contributed by atoms with E-state index in [1.54, 1.807) is 10.9 Å². The minimum atomic E-state index is -0.698. The van der Waals surface area contributed by atoms with E-state index in [9.17, 15) is 5.11 Å². The molecule has 0 amide bonds. The molecule has 0 bridgehead atoms. The lowest BCUT2D eigenvalue weighted by molar-refractivity contribution is -0.0432. The Morgan fingerprint density at radius 1 is 1.42 bits per heavy atom. The normalized spacial score (nSPS) is 26.5. The fourth-order valence-corrected chi connectivity index (χ4v) is 2.13. The molecule has 3 atom stereocenters. The molecule has 2 aromatic heterocycles. The van der Waals surface area contributed by atoms with Crippen molar-refractivity contribution in [2.45, 2.75) is 24.9 Å². The summed E-state index contributed by atoms with van der Waals surface area (Å²) in [5.41, 5.74) is 6.75. The minimum Gasteiger partial charge on any atom is -0.412 e. The van der Waals surface area contributed by atoms with Gasteiger partial charge in [-0.15, -0.1) is 0 Å². The van der Waals surface area contributed by atoms with Crippen LogP contribution in [0.15, 0.2) is 12.7 Å². The monoisotopic (exact) mass is 274 g/mol. The maximum Gasteiger partial charge on any atom is 0.167 e. The molecule has 9 nitrogen and oxygen atoms in total. The largest absolute Gasteiger partial charge is 0.412 e. The number of nitrogens with zero attached hydrogens (tertiary/aromatic N) is 4. The van der Waals surface area contributed by atoms with Gasteiger partial charge in [-0.05, 0) is 0 Å². The van der Waals surface area contributed by atoms with Crippen LogP contribution in [0.5, 0.6) is 0 Å². The molecule has 1 fully saturated rings. The van der Waals surface area contributed by atoms with Gasteiger partial charge in [0.25, 0.3) is 0 Å². The summed E-state index contributed by atoms with van der Waals surface area (Å²) < 4.78 is 7.22. The van der Waals surface area contributed by atoms with E-state index >= 15 is 0 Å². The molecule has 104 valence electrons. The number of anilines is 1. The molecule has 0 radical (unpaired) electrons. The molecule has 1 aliphatic rings. The summed E-state index contributed by atoms with van der Waals surface area (Å²) in [4.78, 5) is 12.1. The molecule has 3 rings (SSSR count). The second-order valence-corrected chi connectivity index (χ2v) is 4.20. The number of aromatic nitrogens is 4. The van der Waals surface area contributed by atoms with Crippen molar-refractivity contribution in [3.8, 4) is 0 Å². The summed E-state index contributed by atoms with van der Waals surface area (Å²) in [7, 11) is 0. The summed E-state index contributed by atoms with van der Waals surface area (Å²) in [5, 5.41) is 18.8. The van der Waals surface area contributed by atoms with Gasteiger partial charge in [-0.2, -0.15) is 0 Å². The minimum absolute atomic E-state index is 0. The Labute approximate surface area is 108 Å². The zero-order valence-electron chi connectivity index (χ0n) is 9.97. The molecule has 9 heteroatoms. The van der Waals surface area contributed by atoms with Crippen LogP contribution in [-0.4, -0.2) is 54.0 Å². The van der Waals surface area contributed by atoms with Crippen LogP contribution in [0.3, 0.4) is 0 Å². The molecule has 0 spiro atoms. The molecule has 0 saturated carbocycles. The fourth-order valence-electron chi connectivity index (χ4n) is 2.13. The Hall–Kier alpha value is -1.81. The summed E-state index contributed by atoms with van der Waals surface area (Å²) in [6.07, 6.45) is 1.60. The molecule has 2 aromatic rings. The topological polar surface area (TPSA) is 151 Å². The number of hydrogen-bond acceptors (Lipinski definition) is 7. The third-order valence-electron chi connectivity index (χ3n) is 3.08. The van der Waals surface area contributed by atoms with Gasteiger partial charge in [0.1, 0.15) is 24.2 Å². The average molecular weight is 274 g/mol. The van der Waals surface area contributed by atoms with Crippen LogP contribution >= 0.6 is 0 Å². The first-order chi connectivity index (χ1) is 8.70. The van der Waals surface area contributed by atoms with Gasteiger partial charge in [0, 0.05) is 6.42 Å². The fraction of sp³-hybridized carbons (Fsp3) is 0.500. The van der Waals surface area contributed by atoms with Gasteiger partial charge < -0.3 is 26.2 Å². The second-order valence-electron chi connectivity index (χ2n) is 4.20. The SMILES string of the molecule is Nc1ncnc2c1ncn2[13C@H]1[13CH2][13C@@H](O)[13C@@H]([13CH2]O)O1.O. The molecule has 1 aliphatic heterocycles. The van der Waals surface area contributed by atoms with E-state index < -0.39 is 18.4 Å². The average Bonchev–Trinajstić information content (AvgIpc) is 2.93. The Bertz CT molecular complexity index is 574. The molecule has 0 unspecified atom stereocenters. The maximum absolute atomic E-state index is 9.71. The van der Waals surface area contributed by atoms with Gasteiger partial charge in [0.2, 0.25) is 0 Å². The van der Waals surface area contributed by atoms with Crippen molar-refractivity contribution in [3.05, 3.63) is 12.7 Å². The van der Waals surface area contributed by atoms with Gasteiger partial charge in [-0.1, -0.05) is 0 Å². The smallest absolute Gasteiger partial charge is 0.167 e. The first-order valence-corrected chi connectivity index (χ1v) is 5.58. The summed E-state index contributed by atoms with van der Waals surface area (Å²) in [6.45, 7) is -0.221. The molecule has 3 heterocycles. The third-order valence-corrected chi connectivity index (χ3v) is 3.08. The van der Waals surface area contributed by atoms with Gasteiger partial charge in [-0.25, -0.2) is 15.0 Å². The number of imidazole rings is 1. The number of nitrogen functional groups attached to an aromatic ring is 1. The second kappa shape index (κ2) is 5.05. The van der Waals surface area contributed by atoms with E-state index in [1.807, 2.05) is 0 Å². The molecule has 0 aliphatic carbocycles. The lowest BCUT2D eigenvalue weighted by Gasteiger charge is -2.13. The van der Waals surface area contributed by atoms with Crippen molar-refractivity contribution in [2.24, 2.45) is 0 Å². The van der Waals surface area contributed by atoms with Crippen LogP contribution in [0.25, 0.3) is 11.2 Å². The zero-order valence-corrected chi connectivity index (χ0v) is 9.97. The predicted octanol–water partition coefficient (Wildman–Crippen LogP) is -1.78. The first-order valence-electron chi connectivity index (χ1n) is 5.58. The Morgan fingerprint density at radius 2 is 2.21 bits per heavy atom. The van der Waals surface area contributed by atoms with Crippen molar-refractivity contribution in [1.82, 2.24) is 19.5 Å². The molecule has 19 heavy (non-hydrogen) atoms. The molecular formula is C10H15N5O4. The van der Waals surface area contributed by atoms with Crippen molar-refractivity contribution >= 4 is 17.0 Å². The lowest BCUT2D eigenvalue weighted by atomic mass is 10.5. The number of hydrogen-bond donors (Lipinski definition) is 3. The predicted molar refractivity (Wildman–Crippen MR) is 65.0 cm³/mol. The third kappa shape index (κ3) is 2.12. The van der Waals surface area contributed by atoms with Gasteiger partial charge in [0.15, 0.2) is 11.5 Å². The number of aliphatic hydroxyl groups is 2. The van der Waals surface area contributed by atoms with E-state index in [-0.39, 0.29) is 12.1 Å². The zero-order chi connectivity index (χ0) is 12.7. The highest BCUT2D eigenvalue weighted by atomic mass is 16.7. The number of fused-ring (bicyclic) bond motifs is 1. The standard InChI is InChI=1S/C10H13N5O3.H2O/c11-9-8-10(13-3-12-9)15(4-14-8)7-1-5(17)6(2-16)18-7;/h3-7,16-17H,1-2H2,(H2,11,12,13);1H2/t5-,6-,7-;/m1./s1/i1+1,2+1,5+1,6+1,7+1;. The Kier molecular flexibility index (Phi) is 3.62. The van der Waals surface area contributed by atoms with Crippen LogP contribution < -0.4 is 5.73 Å². The number of rotatable bonds is 2. The van der Waals surface area contributed by atoms with E-state index in [0.29, 0.717) is 23.4 Å².